The Labute approximate surface area is 147 Å². The first-order valence-electron chi connectivity index (χ1n) is 6.95. The summed E-state index contributed by atoms with van der Waals surface area (Å²) in [5.74, 6) is 0. The zero-order valence-corrected chi connectivity index (χ0v) is 14.0. The zero-order valence-electron chi connectivity index (χ0n) is 12.5. The van der Waals surface area contributed by atoms with Gasteiger partial charge in [0.05, 0.1) is 11.1 Å². The summed E-state index contributed by atoms with van der Waals surface area (Å²) in [5.41, 5.74) is -2.65. The predicted octanol–water partition coefficient (Wildman–Crippen LogP) is 5.76. The molecular weight excluding hydrogens is 414 g/mol. The van der Waals surface area contributed by atoms with Gasteiger partial charge in [-0.25, -0.2) is 0 Å². The predicted molar refractivity (Wildman–Crippen MR) is 83.3 cm³/mol. The average Bonchev–Trinajstić information content (AvgIpc) is 2.53. The Balaban J connectivity index is 2.53. The van der Waals surface area contributed by atoms with Crippen molar-refractivity contribution in [3.05, 3.63) is 70.8 Å². The maximum absolute atomic E-state index is 12.9. The van der Waals surface area contributed by atoms with Gasteiger partial charge in [-0.1, -0.05) is 46.3 Å². The van der Waals surface area contributed by atoms with Gasteiger partial charge in [0, 0.05) is 0 Å². The summed E-state index contributed by atoms with van der Waals surface area (Å²) in [7, 11) is 0. The molecule has 2 aromatic rings. The molecule has 0 aliphatic heterocycles. The van der Waals surface area contributed by atoms with Crippen LogP contribution in [-0.2, 0) is 27.9 Å². The quantitative estimate of drug-likeness (QED) is 0.346. The molecule has 0 spiro atoms. The second-order valence-corrected chi connectivity index (χ2v) is 6.85. The minimum atomic E-state index is -4.93. The Bertz CT molecular complexity index is 722. The fourth-order valence-corrected chi connectivity index (χ4v) is 2.93. The molecule has 1 atom stereocenters. The SMILES string of the molecule is O=CC(Br)(Cc1cc(C(F)(F)F)cc(C(F)(F)F)c1)c1ccccc1. The number of aldehydes is 1. The highest BCUT2D eigenvalue weighted by Gasteiger charge is 2.38. The van der Waals surface area contributed by atoms with Crippen molar-refractivity contribution in [1.29, 1.82) is 0 Å². The molecule has 0 saturated heterocycles. The molecule has 0 fully saturated rings. The normalized spacial score (nSPS) is 14.8. The number of rotatable bonds is 4. The summed E-state index contributed by atoms with van der Waals surface area (Å²) < 4.78 is 76.1. The van der Waals surface area contributed by atoms with Crippen molar-refractivity contribution >= 4 is 22.2 Å². The van der Waals surface area contributed by atoms with Crippen LogP contribution >= 0.6 is 15.9 Å². The van der Waals surface area contributed by atoms with Crippen LogP contribution in [0, 0.1) is 0 Å². The Morgan fingerprint density at radius 3 is 1.68 bits per heavy atom. The van der Waals surface area contributed by atoms with Gasteiger partial charge in [0.25, 0.3) is 0 Å². The van der Waals surface area contributed by atoms with Crippen molar-refractivity contribution in [2.24, 2.45) is 0 Å². The van der Waals surface area contributed by atoms with E-state index < -0.39 is 27.8 Å². The number of hydrogen-bond acceptors (Lipinski definition) is 1. The van der Waals surface area contributed by atoms with Crippen LogP contribution in [0.4, 0.5) is 26.3 Å². The van der Waals surface area contributed by atoms with Gasteiger partial charge in [0.2, 0.25) is 0 Å². The topological polar surface area (TPSA) is 17.1 Å². The van der Waals surface area contributed by atoms with E-state index in [1.807, 2.05) is 0 Å². The average molecular weight is 425 g/mol. The van der Waals surface area contributed by atoms with Crippen molar-refractivity contribution in [3.63, 3.8) is 0 Å². The van der Waals surface area contributed by atoms with Gasteiger partial charge in [-0.2, -0.15) is 26.3 Å². The van der Waals surface area contributed by atoms with Gasteiger partial charge in [-0.05, 0) is 35.7 Å². The molecule has 0 N–H and O–H groups in total. The highest BCUT2D eigenvalue weighted by molar-refractivity contribution is 9.10. The molecule has 134 valence electrons. The third-order valence-corrected chi connectivity index (χ3v) is 4.47. The van der Waals surface area contributed by atoms with E-state index in [1.165, 1.54) is 0 Å². The Morgan fingerprint density at radius 1 is 0.800 bits per heavy atom. The molecule has 2 rings (SSSR count). The fourth-order valence-electron chi connectivity index (χ4n) is 2.35. The third kappa shape index (κ3) is 4.62. The fraction of sp³-hybridized carbons (Fsp3) is 0.235. The van der Waals surface area contributed by atoms with Crippen molar-refractivity contribution in [2.75, 3.05) is 0 Å². The Hall–Kier alpha value is -1.83. The van der Waals surface area contributed by atoms with Gasteiger partial charge < -0.3 is 4.79 Å². The van der Waals surface area contributed by atoms with E-state index in [2.05, 4.69) is 15.9 Å². The lowest BCUT2D eigenvalue weighted by Gasteiger charge is -2.23. The van der Waals surface area contributed by atoms with Crippen LogP contribution in [-0.4, -0.2) is 6.29 Å². The maximum atomic E-state index is 12.9. The first kappa shape index (κ1) is 19.5. The lowest BCUT2D eigenvalue weighted by atomic mass is 9.91. The standard InChI is InChI=1S/C17H11BrF6O/c18-15(10-25,12-4-2-1-3-5-12)9-11-6-13(16(19,20)21)8-14(7-11)17(22,23)24/h1-8,10H,9H2. The van der Waals surface area contributed by atoms with Crippen molar-refractivity contribution in [1.82, 2.24) is 0 Å². The molecule has 2 aromatic carbocycles. The molecule has 1 nitrogen and oxygen atoms in total. The highest BCUT2D eigenvalue weighted by Crippen LogP contribution is 2.39. The number of carbonyl (C=O) groups is 1. The Kier molecular flexibility index (Phi) is 5.32. The van der Waals surface area contributed by atoms with E-state index in [0.29, 0.717) is 24.0 Å². The third-order valence-electron chi connectivity index (χ3n) is 3.55. The molecule has 0 aromatic heterocycles. The number of halogens is 7. The summed E-state index contributed by atoms with van der Waals surface area (Å²) in [5, 5.41) is 0. The minimum absolute atomic E-state index is 0.0584. The van der Waals surface area contributed by atoms with Crippen molar-refractivity contribution in [3.8, 4) is 0 Å². The second kappa shape index (κ2) is 6.82. The van der Waals surface area contributed by atoms with Crippen LogP contribution in [0.2, 0.25) is 0 Å². The molecular formula is C17H11BrF6O. The minimum Gasteiger partial charge on any atom is -0.301 e. The molecule has 0 aliphatic carbocycles. The monoisotopic (exact) mass is 424 g/mol. The van der Waals surface area contributed by atoms with Crippen molar-refractivity contribution in [2.45, 2.75) is 23.1 Å². The number of alkyl halides is 7. The van der Waals surface area contributed by atoms with Crippen LogP contribution in [0.3, 0.4) is 0 Å². The number of benzene rings is 2. The highest BCUT2D eigenvalue weighted by atomic mass is 79.9. The molecule has 0 heterocycles. The largest absolute Gasteiger partial charge is 0.416 e. The number of carbonyl (C=O) groups excluding carboxylic acids is 1. The van der Waals surface area contributed by atoms with E-state index in [1.54, 1.807) is 30.3 Å². The molecule has 1 unspecified atom stereocenters. The lowest BCUT2D eigenvalue weighted by molar-refractivity contribution is -0.143. The first-order chi connectivity index (χ1) is 11.5. The van der Waals surface area contributed by atoms with E-state index in [0.717, 1.165) is 0 Å². The Morgan fingerprint density at radius 2 is 1.28 bits per heavy atom. The first-order valence-corrected chi connectivity index (χ1v) is 7.74. The molecule has 0 saturated carbocycles. The zero-order chi connectivity index (χ0) is 18.9. The summed E-state index contributed by atoms with van der Waals surface area (Å²) >= 11 is 3.15. The van der Waals surface area contributed by atoms with Crippen LogP contribution in [0.5, 0.6) is 0 Å². The summed E-state index contributed by atoms with van der Waals surface area (Å²) in [6.45, 7) is 0. The molecule has 0 radical (unpaired) electrons. The summed E-state index contributed by atoms with van der Waals surface area (Å²) in [6.07, 6.45) is -9.78. The molecule has 25 heavy (non-hydrogen) atoms. The molecule has 0 aliphatic rings. The summed E-state index contributed by atoms with van der Waals surface area (Å²) in [4.78, 5) is 11.5. The molecule has 0 bridgehead atoms. The second-order valence-electron chi connectivity index (χ2n) is 5.44. The van der Waals surface area contributed by atoms with E-state index >= 15 is 0 Å². The van der Waals surface area contributed by atoms with Gasteiger partial charge in [-0.15, -0.1) is 0 Å². The van der Waals surface area contributed by atoms with E-state index in [-0.39, 0.29) is 18.1 Å². The smallest absolute Gasteiger partial charge is 0.301 e. The maximum Gasteiger partial charge on any atom is 0.416 e. The van der Waals surface area contributed by atoms with E-state index in [4.69, 9.17) is 0 Å². The van der Waals surface area contributed by atoms with Gasteiger partial charge in [0.1, 0.15) is 10.6 Å². The lowest BCUT2D eigenvalue weighted by Crippen LogP contribution is -2.24. The van der Waals surface area contributed by atoms with Crippen LogP contribution < -0.4 is 0 Å². The number of hydrogen-bond donors (Lipinski definition) is 0. The molecule has 0 amide bonds. The van der Waals surface area contributed by atoms with E-state index in [9.17, 15) is 31.1 Å². The van der Waals surface area contributed by atoms with Crippen molar-refractivity contribution < 1.29 is 31.1 Å². The van der Waals surface area contributed by atoms with Crippen LogP contribution in [0.15, 0.2) is 48.5 Å². The summed E-state index contributed by atoms with van der Waals surface area (Å²) in [6, 6.07) is 9.32. The van der Waals surface area contributed by atoms with Crippen LogP contribution in [0.1, 0.15) is 22.3 Å². The van der Waals surface area contributed by atoms with Gasteiger partial charge in [-0.3, -0.25) is 0 Å². The van der Waals surface area contributed by atoms with Crippen LogP contribution in [0.25, 0.3) is 0 Å². The van der Waals surface area contributed by atoms with Gasteiger partial charge >= 0.3 is 12.4 Å². The molecule has 8 heteroatoms. The van der Waals surface area contributed by atoms with Gasteiger partial charge in [0.15, 0.2) is 0 Å².